The normalized spacial score (nSPS) is 10.6. The fourth-order valence-corrected chi connectivity index (χ4v) is 1.92. The van der Waals surface area contributed by atoms with Gasteiger partial charge in [0.1, 0.15) is 17.9 Å². The quantitative estimate of drug-likeness (QED) is 0.739. The van der Waals surface area contributed by atoms with E-state index in [4.69, 9.17) is 9.15 Å². The van der Waals surface area contributed by atoms with E-state index in [0.29, 0.717) is 11.3 Å². The second kappa shape index (κ2) is 4.52. The van der Waals surface area contributed by atoms with E-state index in [-0.39, 0.29) is 0 Å². The van der Waals surface area contributed by atoms with Crippen molar-refractivity contribution in [2.24, 2.45) is 0 Å². The minimum Gasteiger partial charge on any atom is -0.546 e. The highest BCUT2D eigenvalue weighted by Crippen LogP contribution is 2.26. The Morgan fingerprint density at radius 3 is 2.61 bits per heavy atom. The third-order valence-corrected chi connectivity index (χ3v) is 2.57. The molecule has 2 rings (SSSR count). The fraction of sp³-hybridized carbons (Fsp3) is 0.231. The van der Waals surface area contributed by atoms with Crippen LogP contribution in [0.4, 0.5) is 0 Å². The molecule has 1 aromatic heterocycles. The second-order valence-electron chi connectivity index (χ2n) is 4.02. The van der Waals surface area contributed by atoms with E-state index in [1.54, 1.807) is 6.07 Å². The Morgan fingerprint density at radius 2 is 1.94 bits per heavy atom. The van der Waals surface area contributed by atoms with E-state index >= 15 is 0 Å². The Bertz CT molecular complexity index is 669. The molecule has 0 aliphatic heterocycles. The van der Waals surface area contributed by atoms with Crippen LogP contribution in [0.1, 0.15) is 11.1 Å². The number of aliphatic carboxylic acids is 1. The number of carboxylic acid groups (broad SMARTS) is 1. The van der Waals surface area contributed by atoms with Crippen LogP contribution in [-0.2, 0) is 4.79 Å². The molecule has 0 unspecified atom stereocenters. The van der Waals surface area contributed by atoms with Crippen molar-refractivity contribution in [2.75, 3.05) is 6.61 Å². The Hall–Kier alpha value is -2.30. The van der Waals surface area contributed by atoms with Crippen LogP contribution < -0.4 is 15.5 Å². The number of aryl methyl sites for hydroxylation is 2. The predicted octanol–water partition coefficient (Wildman–Crippen LogP) is 0.539. The summed E-state index contributed by atoms with van der Waals surface area (Å²) in [6.45, 7) is 3.11. The maximum Gasteiger partial charge on any atom is 0.336 e. The van der Waals surface area contributed by atoms with Crippen LogP contribution in [0.3, 0.4) is 0 Å². The molecule has 0 spiro atoms. The van der Waals surface area contributed by atoms with E-state index in [0.717, 1.165) is 16.5 Å². The van der Waals surface area contributed by atoms with Crippen LogP contribution in [0, 0.1) is 13.8 Å². The van der Waals surface area contributed by atoms with Crippen LogP contribution in [-0.4, -0.2) is 12.6 Å². The van der Waals surface area contributed by atoms with Gasteiger partial charge in [-0.1, -0.05) is 0 Å². The number of carboxylic acids is 1. The zero-order chi connectivity index (χ0) is 13.3. The molecule has 0 bridgehead atoms. The maximum absolute atomic E-state index is 11.3. The molecule has 0 amide bonds. The highest BCUT2D eigenvalue weighted by Gasteiger charge is 2.08. The number of carbonyl (C=O) groups is 1. The molecule has 0 saturated heterocycles. The van der Waals surface area contributed by atoms with Crippen molar-refractivity contribution in [1.82, 2.24) is 0 Å². The lowest BCUT2D eigenvalue weighted by molar-refractivity contribution is -0.307. The van der Waals surface area contributed by atoms with Crippen molar-refractivity contribution < 1.29 is 19.1 Å². The van der Waals surface area contributed by atoms with Crippen molar-refractivity contribution in [3.8, 4) is 5.75 Å². The number of hydrogen-bond acceptors (Lipinski definition) is 5. The molecule has 2 aromatic rings. The number of carbonyl (C=O) groups excluding carboxylic acids is 1. The highest BCUT2D eigenvalue weighted by molar-refractivity contribution is 5.85. The third-order valence-electron chi connectivity index (χ3n) is 2.57. The summed E-state index contributed by atoms with van der Waals surface area (Å²) in [5.41, 5.74) is 1.59. The average molecular weight is 247 g/mol. The molecule has 1 aromatic carbocycles. The predicted molar refractivity (Wildman–Crippen MR) is 62.5 cm³/mol. The van der Waals surface area contributed by atoms with Crippen LogP contribution in [0.25, 0.3) is 11.0 Å². The summed E-state index contributed by atoms with van der Waals surface area (Å²) in [7, 11) is 0. The van der Waals surface area contributed by atoms with Crippen molar-refractivity contribution in [3.05, 3.63) is 39.7 Å². The van der Waals surface area contributed by atoms with Crippen LogP contribution in [0.2, 0.25) is 0 Å². The molecular formula is C13H11O5-. The lowest BCUT2D eigenvalue weighted by Gasteiger charge is -2.10. The Kier molecular flexibility index (Phi) is 3.06. The van der Waals surface area contributed by atoms with Crippen molar-refractivity contribution in [3.63, 3.8) is 0 Å². The van der Waals surface area contributed by atoms with Crippen LogP contribution >= 0.6 is 0 Å². The van der Waals surface area contributed by atoms with E-state index in [2.05, 4.69) is 0 Å². The van der Waals surface area contributed by atoms with Gasteiger partial charge in [-0.2, -0.15) is 0 Å². The minimum absolute atomic E-state index is 0.331. The van der Waals surface area contributed by atoms with Gasteiger partial charge >= 0.3 is 5.63 Å². The standard InChI is InChI=1S/C13H12O5/c1-7-3-9(17-6-11(14)15)5-10-13(7)8(2)4-12(16)18-10/h3-5H,6H2,1-2H3,(H,14,15)/p-1. The smallest absolute Gasteiger partial charge is 0.336 e. The van der Waals surface area contributed by atoms with E-state index < -0.39 is 18.2 Å². The number of hydrogen-bond donors (Lipinski definition) is 0. The fourth-order valence-electron chi connectivity index (χ4n) is 1.92. The van der Waals surface area contributed by atoms with E-state index in [9.17, 15) is 14.7 Å². The Labute approximate surface area is 103 Å². The van der Waals surface area contributed by atoms with Gasteiger partial charge in [0.2, 0.25) is 0 Å². The average Bonchev–Trinajstić information content (AvgIpc) is 2.24. The van der Waals surface area contributed by atoms with Gasteiger partial charge in [-0.05, 0) is 31.0 Å². The lowest BCUT2D eigenvalue weighted by Crippen LogP contribution is -2.28. The van der Waals surface area contributed by atoms with E-state index in [1.165, 1.54) is 12.1 Å². The number of ether oxygens (including phenoxy) is 1. The minimum atomic E-state index is -1.31. The van der Waals surface area contributed by atoms with Gasteiger partial charge in [0.15, 0.2) is 0 Å². The summed E-state index contributed by atoms with van der Waals surface area (Å²) in [4.78, 5) is 21.6. The SMILES string of the molecule is Cc1cc(OCC(=O)[O-])cc2oc(=O)cc(C)c12. The molecule has 94 valence electrons. The van der Waals surface area contributed by atoms with Gasteiger partial charge in [0.25, 0.3) is 0 Å². The molecule has 18 heavy (non-hydrogen) atoms. The molecule has 0 N–H and O–H groups in total. The number of fused-ring (bicyclic) bond motifs is 1. The van der Waals surface area contributed by atoms with Crippen molar-refractivity contribution in [2.45, 2.75) is 13.8 Å². The van der Waals surface area contributed by atoms with Crippen LogP contribution in [0.15, 0.2) is 27.4 Å². The second-order valence-corrected chi connectivity index (χ2v) is 4.02. The summed E-state index contributed by atoms with van der Waals surface area (Å²) < 4.78 is 10.1. The molecule has 5 heteroatoms. The summed E-state index contributed by atoms with van der Waals surface area (Å²) in [6, 6.07) is 4.61. The van der Waals surface area contributed by atoms with Gasteiger partial charge < -0.3 is 19.1 Å². The molecule has 5 nitrogen and oxygen atoms in total. The summed E-state index contributed by atoms with van der Waals surface area (Å²) in [6.07, 6.45) is 0. The van der Waals surface area contributed by atoms with Crippen molar-refractivity contribution in [1.29, 1.82) is 0 Å². The Morgan fingerprint density at radius 1 is 1.28 bits per heavy atom. The molecule has 0 aliphatic carbocycles. The lowest BCUT2D eigenvalue weighted by atomic mass is 10.1. The highest BCUT2D eigenvalue weighted by atomic mass is 16.5. The zero-order valence-electron chi connectivity index (χ0n) is 9.98. The van der Waals surface area contributed by atoms with Gasteiger partial charge in [-0.25, -0.2) is 4.79 Å². The first-order chi connectivity index (χ1) is 8.47. The van der Waals surface area contributed by atoms with Crippen LogP contribution in [0.5, 0.6) is 5.75 Å². The monoisotopic (exact) mass is 247 g/mol. The summed E-state index contributed by atoms with van der Waals surface area (Å²) in [5, 5.41) is 11.1. The van der Waals surface area contributed by atoms with Gasteiger partial charge in [0.05, 0.1) is 5.97 Å². The van der Waals surface area contributed by atoms with Gasteiger partial charge in [-0.15, -0.1) is 0 Å². The first-order valence-corrected chi connectivity index (χ1v) is 5.35. The summed E-state index contributed by atoms with van der Waals surface area (Å²) in [5.74, 6) is -0.976. The number of rotatable bonds is 3. The summed E-state index contributed by atoms with van der Waals surface area (Å²) >= 11 is 0. The molecule has 1 heterocycles. The molecule has 0 saturated carbocycles. The topological polar surface area (TPSA) is 79.6 Å². The molecule has 0 radical (unpaired) electrons. The number of benzene rings is 1. The largest absolute Gasteiger partial charge is 0.546 e. The van der Waals surface area contributed by atoms with Gasteiger partial charge in [0, 0.05) is 17.5 Å². The van der Waals surface area contributed by atoms with Gasteiger partial charge in [-0.3, -0.25) is 0 Å². The maximum atomic E-state index is 11.3. The first kappa shape index (κ1) is 12.2. The molecule has 0 fully saturated rings. The van der Waals surface area contributed by atoms with Crippen molar-refractivity contribution >= 4 is 16.9 Å². The first-order valence-electron chi connectivity index (χ1n) is 5.35. The molecular weight excluding hydrogens is 236 g/mol. The molecule has 0 atom stereocenters. The zero-order valence-corrected chi connectivity index (χ0v) is 9.98. The van der Waals surface area contributed by atoms with E-state index in [1.807, 2.05) is 13.8 Å². The molecule has 0 aliphatic rings. The Balaban J connectivity index is 2.54. The third kappa shape index (κ3) is 2.34.